The van der Waals surface area contributed by atoms with Crippen LogP contribution in [0.3, 0.4) is 0 Å². The molecular formula is C13H25NO4S. The predicted octanol–water partition coefficient (Wildman–Crippen LogP) is 1.83. The average molecular weight is 291 g/mol. The molecule has 0 bridgehead atoms. The summed E-state index contributed by atoms with van der Waals surface area (Å²) in [5, 5.41) is 0. The molecule has 112 valence electrons. The Morgan fingerprint density at radius 3 is 2.16 bits per heavy atom. The molecule has 0 unspecified atom stereocenters. The van der Waals surface area contributed by atoms with Crippen molar-refractivity contribution in [2.24, 2.45) is 5.92 Å². The molecule has 0 aromatic heterocycles. The average Bonchev–Trinajstić information content (AvgIpc) is 2.28. The monoisotopic (exact) mass is 291 g/mol. The predicted molar refractivity (Wildman–Crippen MR) is 74.2 cm³/mol. The molecule has 0 atom stereocenters. The van der Waals surface area contributed by atoms with Crippen molar-refractivity contribution in [3.63, 3.8) is 0 Å². The Kier molecular flexibility index (Phi) is 5.38. The SMILES string of the molecule is CCOC(=O)[C@H]1CC[C@H](NS(=O)(=O)C(C)(C)C)CC1. The summed E-state index contributed by atoms with van der Waals surface area (Å²) < 4.78 is 31.0. The molecule has 5 nitrogen and oxygen atoms in total. The van der Waals surface area contributed by atoms with Gasteiger partial charge in [0, 0.05) is 6.04 Å². The molecule has 0 radical (unpaired) electrons. The van der Waals surface area contributed by atoms with Crippen molar-refractivity contribution in [1.82, 2.24) is 4.72 Å². The number of rotatable bonds is 4. The molecule has 1 saturated carbocycles. The largest absolute Gasteiger partial charge is 0.466 e. The number of esters is 1. The van der Waals surface area contributed by atoms with E-state index in [1.807, 2.05) is 0 Å². The highest BCUT2D eigenvalue weighted by atomic mass is 32.2. The van der Waals surface area contributed by atoms with Gasteiger partial charge >= 0.3 is 5.97 Å². The number of carbonyl (C=O) groups is 1. The Labute approximate surface area is 116 Å². The Bertz CT molecular complexity index is 403. The molecule has 6 heteroatoms. The summed E-state index contributed by atoms with van der Waals surface area (Å²) in [6.45, 7) is 7.23. The molecule has 19 heavy (non-hydrogen) atoms. The minimum atomic E-state index is -3.31. The first kappa shape index (κ1) is 16.4. The molecule has 1 aliphatic rings. The normalized spacial score (nSPS) is 25.1. The minimum Gasteiger partial charge on any atom is -0.466 e. The summed E-state index contributed by atoms with van der Waals surface area (Å²) in [4.78, 5) is 11.6. The zero-order chi connectivity index (χ0) is 14.7. The van der Waals surface area contributed by atoms with Crippen LogP contribution in [-0.2, 0) is 19.6 Å². The van der Waals surface area contributed by atoms with Gasteiger partial charge in [0.1, 0.15) is 0 Å². The summed E-state index contributed by atoms with van der Waals surface area (Å²) in [6.07, 6.45) is 2.77. The van der Waals surface area contributed by atoms with E-state index in [0.29, 0.717) is 32.3 Å². The van der Waals surface area contributed by atoms with Crippen LogP contribution in [0.4, 0.5) is 0 Å². The molecule has 1 fully saturated rings. The highest BCUT2D eigenvalue weighted by Crippen LogP contribution is 2.27. The van der Waals surface area contributed by atoms with Crippen molar-refractivity contribution < 1.29 is 17.9 Å². The Morgan fingerprint density at radius 2 is 1.74 bits per heavy atom. The number of ether oxygens (including phenoxy) is 1. The quantitative estimate of drug-likeness (QED) is 0.802. The van der Waals surface area contributed by atoms with Crippen molar-refractivity contribution in [3.8, 4) is 0 Å². The van der Waals surface area contributed by atoms with E-state index < -0.39 is 14.8 Å². The third-order valence-electron chi connectivity index (χ3n) is 3.48. The van der Waals surface area contributed by atoms with Gasteiger partial charge in [-0.15, -0.1) is 0 Å². The Balaban J connectivity index is 2.50. The van der Waals surface area contributed by atoms with Crippen LogP contribution in [0.5, 0.6) is 0 Å². The second-order valence-corrected chi connectivity index (χ2v) is 8.50. The first-order chi connectivity index (χ1) is 8.67. The van der Waals surface area contributed by atoms with E-state index in [1.54, 1.807) is 27.7 Å². The van der Waals surface area contributed by atoms with Gasteiger partial charge in [-0.2, -0.15) is 0 Å². The van der Waals surface area contributed by atoms with Gasteiger partial charge in [0.05, 0.1) is 17.3 Å². The highest BCUT2D eigenvalue weighted by molar-refractivity contribution is 7.90. The molecule has 0 saturated heterocycles. The van der Waals surface area contributed by atoms with Crippen LogP contribution < -0.4 is 4.72 Å². The summed E-state index contributed by atoms with van der Waals surface area (Å²) >= 11 is 0. The molecular weight excluding hydrogens is 266 g/mol. The zero-order valence-corrected chi connectivity index (χ0v) is 13.0. The van der Waals surface area contributed by atoms with E-state index in [0.717, 1.165) is 0 Å². The second-order valence-electron chi connectivity index (χ2n) is 6.03. The van der Waals surface area contributed by atoms with Gasteiger partial charge < -0.3 is 4.74 Å². The summed E-state index contributed by atoms with van der Waals surface area (Å²) in [5.74, 6) is -0.227. The van der Waals surface area contributed by atoms with Gasteiger partial charge in [-0.1, -0.05) is 0 Å². The Hall–Kier alpha value is -0.620. The van der Waals surface area contributed by atoms with Crippen LogP contribution in [0.25, 0.3) is 0 Å². The lowest BCUT2D eigenvalue weighted by atomic mass is 9.86. The van der Waals surface area contributed by atoms with Gasteiger partial charge in [0.15, 0.2) is 0 Å². The third-order valence-corrected chi connectivity index (χ3v) is 5.73. The molecule has 0 aromatic carbocycles. The van der Waals surface area contributed by atoms with Gasteiger partial charge in [-0.05, 0) is 53.4 Å². The molecule has 0 spiro atoms. The van der Waals surface area contributed by atoms with Crippen molar-refractivity contribution in [1.29, 1.82) is 0 Å². The lowest BCUT2D eigenvalue weighted by molar-refractivity contribution is -0.149. The van der Waals surface area contributed by atoms with Crippen molar-refractivity contribution in [2.75, 3.05) is 6.61 Å². The van der Waals surface area contributed by atoms with Crippen LogP contribution in [0.1, 0.15) is 53.4 Å². The van der Waals surface area contributed by atoms with Crippen LogP contribution in [0.2, 0.25) is 0 Å². The van der Waals surface area contributed by atoms with Crippen LogP contribution in [0.15, 0.2) is 0 Å². The maximum Gasteiger partial charge on any atom is 0.308 e. The van der Waals surface area contributed by atoms with Gasteiger partial charge in [-0.3, -0.25) is 4.79 Å². The van der Waals surface area contributed by atoms with E-state index in [4.69, 9.17) is 4.74 Å². The van der Waals surface area contributed by atoms with Crippen LogP contribution in [-0.4, -0.2) is 31.8 Å². The summed E-state index contributed by atoms with van der Waals surface area (Å²) in [5.41, 5.74) is 0. The minimum absolute atomic E-state index is 0.0603. The summed E-state index contributed by atoms with van der Waals surface area (Å²) in [6, 6.07) is -0.0603. The number of hydrogen-bond donors (Lipinski definition) is 1. The smallest absolute Gasteiger partial charge is 0.308 e. The molecule has 1 rings (SSSR count). The van der Waals surface area contributed by atoms with Crippen LogP contribution >= 0.6 is 0 Å². The van der Waals surface area contributed by atoms with Gasteiger partial charge in [0.25, 0.3) is 0 Å². The van der Waals surface area contributed by atoms with E-state index in [-0.39, 0.29) is 17.9 Å². The highest BCUT2D eigenvalue weighted by Gasteiger charge is 2.34. The molecule has 0 aliphatic heterocycles. The maximum absolute atomic E-state index is 12.0. The standard InChI is InChI=1S/C13H25NO4S/c1-5-18-12(15)10-6-8-11(9-7-10)14-19(16,17)13(2,3)4/h10-11,14H,5-9H2,1-4H3/t10-,11-. The molecule has 0 heterocycles. The van der Waals surface area contributed by atoms with E-state index in [9.17, 15) is 13.2 Å². The number of carbonyl (C=O) groups excluding carboxylic acids is 1. The fourth-order valence-electron chi connectivity index (χ4n) is 2.10. The Morgan fingerprint density at radius 1 is 1.21 bits per heavy atom. The van der Waals surface area contributed by atoms with Crippen molar-refractivity contribution in [2.45, 2.75) is 64.2 Å². The number of hydrogen-bond acceptors (Lipinski definition) is 4. The molecule has 0 amide bonds. The lowest BCUT2D eigenvalue weighted by Crippen LogP contribution is -2.46. The van der Waals surface area contributed by atoms with Crippen molar-refractivity contribution >= 4 is 16.0 Å². The topological polar surface area (TPSA) is 72.5 Å². The van der Waals surface area contributed by atoms with Gasteiger partial charge in [-0.25, -0.2) is 13.1 Å². The summed E-state index contributed by atoms with van der Waals surface area (Å²) in [7, 11) is -3.31. The first-order valence-electron chi connectivity index (χ1n) is 6.86. The fraction of sp³-hybridized carbons (Fsp3) is 0.923. The van der Waals surface area contributed by atoms with Crippen molar-refractivity contribution in [3.05, 3.63) is 0 Å². The molecule has 0 aromatic rings. The van der Waals surface area contributed by atoms with E-state index in [2.05, 4.69) is 4.72 Å². The second kappa shape index (κ2) is 6.22. The molecule has 1 aliphatic carbocycles. The third kappa shape index (κ3) is 4.45. The van der Waals surface area contributed by atoms with Gasteiger partial charge in [0.2, 0.25) is 10.0 Å². The first-order valence-corrected chi connectivity index (χ1v) is 8.34. The maximum atomic E-state index is 12.0. The zero-order valence-electron chi connectivity index (χ0n) is 12.2. The van der Waals surface area contributed by atoms with E-state index >= 15 is 0 Å². The van der Waals surface area contributed by atoms with E-state index in [1.165, 1.54) is 0 Å². The fourth-order valence-corrected chi connectivity index (χ4v) is 3.13. The lowest BCUT2D eigenvalue weighted by Gasteiger charge is -2.30. The molecule has 1 N–H and O–H groups in total. The number of nitrogens with one attached hydrogen (secondary N) is 1. The number of sulfonamides is 1. The van der Waals surface area contributed by atoms with Crippen LogP contribution in [0, 0.1) is 5.92 Å².